The Labute approximate surface area is 125 Å². The van der Waals surface area contributed by atoms with Gasteiger partial charge in [-0.3, -0.25) is 10.1 Å². The van der Waals surface area contributed by atoms with Gasteiger partial charge in [-0.15, -0.1) is 11.3 Å². The summed E-state index contributed by atoms with van der Waals surface area (Å²) in [6, 6.07) is 2.90. The lowest BCUT2D eigenvalue weighted by Crippen LogP contribution is -2.10. The Morgan fingerprint density at radius 2 is 2.24 bits per heavy atom. The zero-order valence-corrected chi connectivity index (χ0v) is 12.6. The molecule has 0 saturated heterocycles. The van der Waals surface area contributed by atoms with Crippen LogP contribution in [0.25, 0.3) is 0 Å². The van der Waals surface area contributed by atoms with Crippen molar-refractivity contribution in [2.45, 2.75) is 26.8 Å². The molecule has 1 N–H and O–H groups in total. The third-order valence-electron chi connectivity index (χ3n) is 2.88. The molecule has 0 fully saturated rings. The zero-order valence-electron chi connectivity index (χ0n) is 11.7. The number of anilines is 1. The summed E-state index contributed by atoms with van der Waals surface area (Å²) >= 11 is 1.54. The minimum atomic E-state index is -0.548. The standard InChI is InChI=1S/C13H13N5O2S/c1-7-12(21-9(3)16-7)8(2)17-13-11(18(19)20)4-10(5-14)6-15-13/h4,6,8H,1-3H3,(H,15,17). The molecule has 1 unspecified atom stereocenters. The molecule has 1 atom stereocenters. The van der Waals surface area contributed by atoms with Crippen LogP contribution in [0.4, 0.5) is 11.5 Å². The maximum Gasteiger partial charge on any atom is 0.312 e. The van der Waals surface area contributed by atoms with Crippen LogP contribution in [0, 0.1) is 35.3 Å². The molecule has 21 heavy (non-hydrogen) atoms. The number of pyridine rings is 1. The number of nitriles is 1. The largest absolute Gasteiger partial charge is 0.357 e. The Bertz CT molecular complexity index is 735. The van der Waals surface area contributed by atoms with E-state index in [4.69, 9.17) is 5.26 Å². The average Bonchev–Trinajstić information content (AvgIpc) is 2.78. The molecular weight excluding hydrogens is 290 g/mol. The number of aromatic nitrogens is 2. The minimum absolute atomic E-state index is 0.150. The first-order valence-corrected chi connectivity index (χ1v) is 6.99. The van der Waals surface area contributed by atoms with Crippen molar-refractivity contribution in [3.05, 3.63) is 43.5 Å². The predicted molar refractivity (Wildman–Crippen MR) is 79.2 cm³/mol. The first-order chi connectivity index (χ1) is 9.92. The molecule has 7 nitrogen and oxygen atoms in total. The van der Waals surface area contributed by atoms with E-state index >= 15 is 0 Å². The van der Waals surface area contributed by atoms with Crippen molar-refractivity contribution < 1.29 is 4.92 Å². The molecule has 0 saturated carbocycles. The van der Waals surface area contributed by atoms with Crippen molar-refractivity contribution in [2.24, 2.45) is 0 Å². The molecule has 0 amide bonds. The first kappa shape index (κ1) is 14.9. The highest BCUT2D eigenvalue weighted by atomic mass is 32.1. The van der Waals surface area contributed by atoms with Gasteiger partial charge in [0.15, 0.2) is 0 Å². The minimum Gasteiger partial charge on any atom is -0.357 e. The number of aryl methyl sites for hydroxylation is 2. The number of nitro groups is 1. The molecule has 0 aliphatic rings. The van der Waals surface area contributed by atoms with Gasteiger partial charge in [0.2, 0.25) is 5.82 Å². The Balaban J connectivity index is 2.33. The van der Waals surface area contributed by atoms with Crippen molar-refractivity contribution in [2.75, 3.05) is 5.32 Å². The van der Waals surface area contributed by atoms with E-state index < -0.39 is 4.92 Å². The second kappa shape index (κ2) is 5.85. The Morgan fingerprint density at radius 1 is 1.52 bits per heavy atom. The van der Waals surface area contributed by atoms with Gasteiger partial charge in [0.1, 0.15) is 6.07 Å². The molecule has 0 radical (unpaired) electrons. The second-order valence-electron chi connectivity index (χ2n) is 4.51. The van der Waals surface area contributed by atoms with Crippen molar-refractivity contribution in [1.29, 1.82) is 5.26 Å². The average molecular weight is 303 g/mol. The van der Waals surface area contributed by atoms with Crippen LogP contribution in [0.2, 0.25) is 0 Å². The summed E-state index contributed by atoms with van der Waals surface area (Å²) in [4.78, 5) is 19.9. The maximum absolute atomic E-state index is 11.1. The van der Waals surface area contributed by atoms with Gasteiger partial charge in [-0.25, -0.2) is 9.97 Å². The Morgan fingerprint density at radius 3 is 2.76 bits per heavy atom. The van der Waals surface area contributed by atoms with Gasteiger partial charge in [-0.1, -0.05) is 0 Å². The predicted octanol–water partition coefficient (Wildman–Crippen LogP) is 3.11. The SMILES string of the molecule is Cc1nc(C)c(C(C)Nc2ncc(C#N)cc2[N+](=O)[O-])s1. The number of rotatable bonds is 4. The summed E-state index contributed by atoms with van der Waals surface area (Å²) in [6.45, 7) is 5.71. The molecule has 108 valence electrons. The van der Waals surface area contributed by atoms with E-state index in [9.17, 15) is 10.1 Å². The summed E-state index contributed by atoms with van der Waals surface area (Å²) in [5.41, 5.74) is 0.846. The highest BCUT2D eigenvalue weighted by molar-refractivity contribution is 7.11. The van der Waals surface area contributed by atoms with Gasteiger partial charge in [0.25, 0.3) is 0 Å². The van der Waals surface area contributed by atoms with Crippen molar-refractivity contribution >= 4 is 22.8 Å². The fourth-order valence-corrected chi connectivity index (χ4v) is 2.91. The van der Waals surface area contributed by atoms with Crippen LogP contribution in [0.5, 0.6) is 0 Å². The highest BCUT2D eigenvalue weighted by Crippen LogP contribution is 2.30. The summed E-state index contributed by atoms with van der Waals surface area (Å²) in [5, 5.41) is 23.8. The lowest BCUT2D eigenvalue weighted by atomic mass is 10.2. The van der Waals surface area contributed by atoms with Gasteiger partial charge >= 0.3 is 5.69 Å². The molecule has 2 aromatic rings. The van der Waals surface area contributed by atoms with Crippen molar-refractivity contribution in [1.82, 2.24) is 9.97 Å². The van der Waals surface area contributed by atoms with Crippen LogP contribution in [0.3, 0.4) is 0 Å². The number of nitrogens with one attached hydrogen (secondary N) is 1. The molecule has 0 aliphatic heterocycles. The van der Waals surface area contributed by atoms with E-state index in [1.807, 2.05) is 26.8 Å². The van der Waals surface area contributed by atoms with E-state index in [0.29, 0.717) is 0 Å². The Hall–Kier alpha value is -2.53. The van der Waals surface area contributed by atoms with Crippen LogP contribution in [0.15, 0.2) is 12.3 Å². The molecular formula is C13H13N5O2S. The Kier molecular flexibility index (Phi) is 4.14. The summed E-state index contributed by atoms with van der Waals surface area (Å²) < 4.78 is 0. The van der Waals surface area contributed by atoms with E-state index in [2.05, 4.69) is 15.3 Å². The monoisotopic (exact) mass is 303 g/mol. The van der Waals surface area contributed by atoms with Crippen LogP contribution >= 0.6 is 11.3 Å². The van der Waals surface area contributed by atoms with Crippen LogP contribution in [-0.4, -0.2) is 14.9 Å². The normalized spacial score (nSPS) is 11.7. The third kappa shape index (κ3) is 3.14. The van der Waals surface area contributed by atoms with Gasteiger partial charge in [-0.2, -0.15) is 5.26 Å². The van der Waals surface area contributed by atoms with Crippen LogP contribution < -0.4 is 5.32 Å². The molecule has 0 spiro atoms. The lowest BCUT2D eigenvalue weighted by molar-refractivity contribution is -0.384. The smallest absolute Gasteiger partial charge is 0.312 e. The van der Waals surface area contributed by atoms with E-state index in [0.717, 1.165) is 15.6 Å². The second-order valence-corrected chi connectivity index (χ2v) is 5.74. The molecule has 0 aliphatic carbocycles. The zero-order chi connectivity index (χ0) is 15.6. The number of hydrogen-bond donors (Lipinski definition) is 1. The molecule has 2 heterocycles. The number of thiazole rings is 1. The van der Waals surface area contributed by atoms with E-state index in [1.165, 1.54) is 12.3 Å². The molecule has 0 bridgehead atoms. The highest BCUT2D eigenvalue weighted by Gasteiger charge is 2.20. The summed E-state index contributed by atoms with van der Waals surface area (Å²) in [6.07, 6.45) is 1.31. The lowest BCUT2D eigenvalue weighted by Gasteiger charge is -2.13. The number of hydrogen-bond acceptors (Lipinski definition) is 7. The number of nitrogens with zero attached hydrogens (tertiary/aromatic N) is 4. The summed E-state index contributed by atoms with van der Waals surface area (Å²) in [7, 11) is 0. The first-order valence-electron chi connectivity index (χ1n) is 6.17. The van der Waals surface area contributed by atoms with E-state index in [-0.39, 0.29) is 23.1 Å². The fourth-order valence-electron chi connectivity index (χ4n) is 1.98. The molecule has 2 aromatic heterocycles. The van der Waals surface area contributed by atoms with Gasteiger partial charge in [0, 0.05) is 17.1 Å². The van der Waals surface area contributed by atoms with Gasteiger partial charge in [0.05, 0.1) is 27.2 Å². The van der Waals surface area contributed by atoms with E-state index in [1.54, 1.807) is 11.3 Å². The van der Waals surface area contributed by atoms with Crippen LogP contribution in [0.1, 0.15) is 34.1 Å². The quantitative estimate of drug-likeness (QED) is 0.687. The molecule has 8 heteroatoms. The van der Waals surface area contributed by atoms with Crippen molar-refractivity contribution in [3.63, 3.8) is 0 Å². The summed E-state index contributed by atoms with van der Waals surface area (Å²) in [5.74, 6) is 0.150. The van der Waals surface area contributed by atoms with Gasteiger partial charge in [-0.05, 0) is 20.8 Å². The van der Waals surface area contributed by atoms with Crippen molar-refractivity contribution in [3.8, 4) is 6.07 Å². The molecule has 2 rings (SSSR count). The topological polar surface area (TPSA) is 105 Å². The molecule has 0 aromatic carbocycles. The fraction of sp³-hybridized carbons (Fsp3) is 0.308. The maximum atomic E-state index is 11.1. The van der Waals surface area contributed by atoms with Crippen LogP contribution in [-0.2, 0) is 0 Å². The third-order valence-corrected chi connectivity index (χ3v) is 4.13. The van der Waals surface area contributed by atoms with Gasteiger partial charge < -0.3 is 5.32 Å².